The van der Waals surface area contributed by atoms with Crippen LogP contribution in [0.15, 0.2) is 66.7 Å². The lowest BCUT2D eigenvalue weighted by Crippen LogP contribution is -2.26. The molecule has 1 N–H and O–H groups in total. The van der Waals surface area contributed by atoms with Crippen LogP contribution in [0.25, 0.3) is 0 Å². The number of benzene rings is 3. The van der Waals surface area contributed by atoms with Crippen molar-refractivity contribution in [2.45, 2.75) is 25.6 Å². The number of para-hydroxylation sites is 1. The largest absolute Gasteiger partial charge is 0.493 e. The molecule has 0 bridgehead atoms. The van der Waals surface area contributed by atoms with Gasteiger partial charge in [-0.25, -0.2) is 0 Å². The molecule has 1 aliphatic rings. The maximum atomic E-state index is 6.28. The van der Waals surface area contributed by atoms with E-state index in [2.05, 4.69) is 17.4 Å². The number of rotatable bonds is 7. The minimum absolute atomic E-state index is 0.202. The third-order valence-corrected chi connectivity index (χ3v) is 5.34. The highest BCUT2D eigenvalue weighted by Crippen LogP contribution is 2.37. The standard InChI is InChI=1S/C24H24ClNO3/c1-27-22-11-10-18(14-23(22)29-16-17-6-3-2-4-7-17)15-26-21-12-13-28-24-19(21)8-5-9-20(24)25/h2-11,14,21,26H,12-13,15-16H2,1H3. The van der Waals surface area contributed by atoms with Crippen LogP contribution in [0.3, 0.4) is 0 Å². The van der Waals surface area contributed by atoms with Crippen LogP contribution in [0, 0.1) is 0 Å². The fraction of sp³-hybridized carbons (Fsp3) is 0.250. The summed E-state index contributed by atoms with van der Waals surface area (Å²) in [5.74, 6) is 2.26. The molecule has 1 aliphatic heterocycles. The van der Waals surface area contributed by atoms with Crippen molar-refractivity contribution >= 4 is 11.6 Å². The molecule has 0 saturated carbocycles. The van der Waals surface area contributed by atoms with Gasteiger partial charge >= 0.3 is 0 Å². The molecule has 3 aromatic rings. The minimum atomic E-state index is 0.202. The topological polar surface area (TPSA) is 39.7 Å². The molecule has 29 heavy (non-hydrogen) atoms. The quantitative estimate of drug-likeness (QED) is 0.556. The number of fused-ring (bicyclic) bond motifs is 1. The molecule has 0 aliphatic carbocycles. The molecular weight excluding hydrogens is 386 g/mol. The summed E-state index contributed by atoms with van der Waals surface area (Å²) in [5.41, 5.74) is 3.36. The fourth-order valence-electron chi connectivity index (χ4n) is 3.52. The van der Waals surface area contributed by atoms with Gasteiger partial charge in [-0.15, -0.1) is 0 Å². The summed E-state index contributed by atoms with van der Waals surface area (Å²) in [7, 11) is 1.66. The SMILES string of the molecule is COc1ccc(CNC2CCOc3c(Cl)cccc32)cc1OCc1ccccc1. The summed E-state index contributed by atoms with van der Waals surface area (Å²) >= 11 is 6.28. The third-order valence-electron chi connectivity index (χ3n) is 5.04. The Balaban J connectivity index is 1.45. The summed E-state index contributed by atoms with van der Waals surface area (Å²) in [6.07, 6.45) is 0.904. The Labute approximate surface area is 176 Å². The van der Waals surface area contributed by atoms with Gasteiger partial charge in [0.15, 0.2) is 11.5 Å². The van der Waals surface area contributed by atoms with E-state index >= 15 is 0 Å². The van der Waals surface area contributed by atoms with Gasteiger partial charge in [0.05, 0.1) is 18.7 Å². The number of hydrogen-bond donors (Lipinski definition) is 1. The second-order valence-electron chi connectivity index (χ2n) is 6.99. The molecule has 4 nitrogen and oxygen atoms in total. The first-order valence-electron chi connectivity index (χ1n) is 9.73. The lowest BCUT2D eigenvalue weighted by molar-refractivity contribution is 0.252. The van der Waals surface area contributed by atoms with Gasteiger partial charge in [0.1, 0.15) is 12.4 Å². The van der Waals surface area contributed by atoms with Gasteiger partial charge < -0.3 is 19.5 Å². The van der Waals surface area contributed by atoms with Gasteiger partial charge in [0.25, 0.3) is 0 Å². The molecule has 1 unspecified atom stereocenters. The van der Waals surface area contributed by atoms with E-state index in [1.165, 1.54) is 0 Å². The van der Waals surface area contributed by atoms with Crippen molar-refractivity contribution in [3.05, 3.63) is 88.4 Å². The van der Waals surface area contributed by atoms with Crippen LogP contribution < -0.4 is 19.5 Å². The maximum Gasteiger partial charge on any atom is 0.161 e. The van der Waals surface area contributed by atoms with Gasteiger partial charge in [-0.05, 0) is 29.3 Å². The van der Waals surface area contributed by atoms with Crippen molar-refractivity contribution in [1.82, 2.24) is 5.32 Å². The highest BCUT2D eigenvalue weighted by Gasteiger charge is 2.22. The number of halogens is 1. The van der Waals surface area contributed by atoms with Crippen molar-refractivity contribution in [3.8, 4) is 17.2 Å². The minimum Gasteiger partial charge on any atom is -0.493 e. The number of nitrogens with one attached hydrogen (secondary N) is 1. The van der Waals surface area contributed by atoms with Crippen LogP contribution in [0.2, 0.25) is 5.02 Å². The molecule has 1 heterocycles. The summed E-state index contributed by atoms with van der Waals surface area (Å²) in [6, 6.07) is 22.3. The zero-order valence-corrected chi connectivity index (χ0v) is 17.1. The van der Waals surface area contributed by atoms with Gasteiger partial charge in [-0.1, -0.05) is 60.1 Å². The molecular formula is C24H24ClNO3. The molecule has 0 spiro atoms. The van der Waals surface area contributed by atoms with Crippen LogP contribution in [0.5, 0.6) is 17.2 Å². The van der Waals surface area contributed by atoms with E-state index in [1.54, 1.807) is 7.11 Å². The average Bonchev–Trinajstić information content (AvgIpc) is 2.77. The summed E-state index contributed by atoms with van der Waals surface area (Å²) in [6.45, 7) is 1.87. The van der Waals surface area contributed by atoms with Crippen LogP contribution in [-0.2, 0) is 13.2 Å². The van der Waals surface area contributed by atoms with E-state index in [-0.39, 0.29) is 6.04 Å². The van der Waals surface area contributed by atoms with Crippen molar-refractivity contribution in [3.63, 3.8) is 0 Å². The van der Waals surface area contributed by atoms with Gasteiger partial charge in [0, 0.05) is 24.6 Å². The zero-order valence-electron chi connectivity index (χ0n) is 16.4. The Bertz CT molecular complexity index is 962. The highest BCUT2D eigenvalue weighted by molar-refractivity contribution is 6.32. The van der Waals surface area contributed by atoms with Crippen LogP contribution in [0.4, 0.5) is 0 Å². The molecule has 5 heteroatoms. The Morgan fingerprint density at radius 2 is 1.86 bits per heavy atom. The first kappa shape index (κ1) is 19.6. The lowest BCUT2D eigenvalue weighted by atomic mass is 10.00. The van der Waals surface area contributed by atoms with E-state index in [4.69, 9.17) is 25.8 Å². The van der Waals surface area contributed by atoms with E-state index in [1.807, 2.05) is 54.6 Å². The van der Waals surface area contributed by atoms with Crippen LogP contribution in [0.1, 0.15) is 29.2 Å². The Kier molecular flexibility index (Phi) is 6.23. The van der Waals surface area contributed by atoms with Gasteiger partial charge in [-0.2, -0.15) is 0 Å². The third kappa shape index (κ3) is 4.66. The predicted octanol–water partition coefficient (Wildman–Crippen LogP) is 5.54. The first-order chi connectivity index (χ1) is 14.2. The first-order valence-corrected chi connectivity index (χ1v) is 10.1. The van der Waals surface area contributed by atoms with Crippen molar-refractivity contribution in [2.24, 2.45) is 0 Å². The van der Waals surface area contributed by atoms with E-state index in [0.29, 0.717) is 24.8 Å². The van der Waals surface area contributed by atoms with E-state index in [0.717, 1.165) is 40.4 Å². The second kappa shape index (κ2) is 9.21. The maximum absolute atomic E-state index is 6.28. The number of ether oxygens (including phenoxy) is 3. The lowest BCUT2D eigenvalue weighted by Gasteiger charge is -2.27. The zero-order chi connectivity index (χ0) is 20.1. The van der Waals surface area contributed by atoms with Crippen LogP contribution >= 0.6 is 11.6 Å². The second-order valence-corrected chi connectivity index (χ2v) is 7.40. The molecule has 0 saturated heterocycles. The molecule has 4 rings (SSSR count). The molecule has 1 atom stereocenters. The van der Waals surface area contributed by atoms with Crippen molar-refractivity contribution in [1.29, 1.82) is 0 Å². The molecule has 150 valence electrons. The average molecular weight is 410 g/mol. The summed E-state index contributed by atoms with van der Waals surface area (Å²) < 4.78 is 17.2. The van der Waals surface area contributed by atoms with Gasteiger partial charge in [0.2, 0.25) is 0 Å². The Hall–Kier alpha value is -2.69. The van der Waals surface area contributed by atoms with Crippen molar-refractivity contribution in [2.75, 3.05) is 13.7 Å². The highest BCUT2D eigenvalue weighted by atomic mass is 35.5. The Morgan fingerprint density at radius 3 is 2.69 bits per heavy atom. The predicted molar refractivity (Wildman–Crippen MR) is 115 cm³/mol. The van der Waals surface area contributed by atoms with E-state index in [9.17, 15) is 0 Å². The summed E-state index contributed by atoms with van der Waals surface area (Å²) in [5, 5.41) is 4.29. The molecule has 3 aromatic carbocycles. The van der Waals surface area contributed by atoms with Crippen LogP contribution in [-0.4, -0.2) is 13.7 Å². The fourth-order valence-corrected chi connectivity index (χ4v) is 3.76. The number of methoxy groups -OCH3 is 1. The smallest absolute Gasteiger partial charge is 0.161 e. The molecule has 0 amide bonds. The molecule has 0 radical (unpaired) electrons. The van der Waals surface area contributed by atoms with Crippen molar-refractivity contribution < 1.29 is 14.2 Å². The monoisotopic (exact) mass is 409 g/mol. The van der Waals surface area contributed by atoms with Gasteiger partial charge in [-0.3, -0.25) is 0 Å². The Morgan fingerprint density at radius 1 is 1.00 bits per heavy atom. The molecule has 0 aromatic heterocycles. The normalized spacial score (nSPS) is 15.3. The summed E-state index contributed by atoms with van der Waals surface area (Å²) in [4.78, 5) is 0. The molecule has 0 fully saturated rings. The van der Waals surface area contributed by atoms with E-state index < -0.39 is 0 Å². The number of hydrogen-bond acceptors (Lipinski definition) is 4.